The number of aliphatic hydroxyl groups is 1. The Labute approximate surface area is 87.7 Å². The second-order valence-corrected chi connectivity index (χ2v) is 4.83. The lowest BCUT2D eigenvalue weighted by Gasteiger charge is -2.14. The van der Waals surface area contributed by atoms with Gasteiger partial charge in [-0.15, -0.1) is 0 Å². The SMILES string of the molecule is CC(=O)SC1CC(=O)N(CCCO)C1. The van der Waals surface area contributed by atoms with Gasteiger partial charge in [0.1, 0.15) is 0 Å². The van der Waals surface area contributed by atoms with Crippen LogP contribution in [0, 0.1) is 0 Å². The van der Waals surface area contributed by atoms with E-state index in [-0.39, 0.29) is 22.9 Å². The Morgan fingerprint density at radius 1 is 1.71 bits per heavy atom. The summed E-state index contributed by atoms with van der Waals surface area (Å²) in [6, 6.07) is 0. The molecule has 0 aromatic heterocycles. The third-order valence-electron chi connectivity index (χ3n) is 2.10. The van der Waals surface area contributed by atoms with Gasteiger partial charge in [0.15, 0.2) is 5.12 Å². The molecule has 1 unspecified atom stereocenters. The maximum atomic E-state index is 11.4. The zero-order valence-electron chi connectivity index (χ0n) is 8.23. The molecule has 1 aliphatic rings. The van der Waals surface area contributed by atoms with Crippen molar-refractivity contribution in [3.05, 3.63) is 0 Å². The van der Waals surface area contributed by atoms with E-state index in [1.807, 2.05) is 0 Å². The van der Waals surface area contributed by atoms with E-state index >= 15 is 0 Å². The number of thioether (sulfide) groups is 1. The van der Waals surface area contributed by atoms with E-state index in [2.05, 4.69) is 0 Å². The van der Waals surface area contributed by atoms with Gasteiger partial charge in [0.05, 0.1) is 0 Å². The predicted octanol–water partition coefficient (Wildman–Crippen LogP) is 0.249. The Bertz CT molecular complexity index is 232. The number of likely N-dealkylation sites (tertiary alicyclic amines) is 1. The summed E-state index contributed by atoms with van der Waals surface area (Å²) in [6.45, 7) is 2.87. The van der Waals surface area contributed by atoms with Crippen molar-refractivity contribution in [2.45, 2.75) is 25.0 Å². The number of nitrogens with zero attached hydrogens (tertiary/aromatic N) is 1. The molecular weight excluding hydrogens is 202 g/mol. The maximum absolute atomic E-state index is 11.4. The molecule has 1 aliphatic heterocycles. The molecule has 14 heavy (non-hydrogen) atoms. The lowest BCUT2D eigenvalue weighted by atomic mass is 10.4. The highest BCUT2D eigenvalue weighted by molar-refractivity contribution is 8.14. The second-order valence-electron chi connectivity index (χ2n) is 3.35. The summed E-state index contributed by atoms with van der Waals surface area (Å²) in [7, 11) is 0. The summed E-state index contributed by atoms with van der Waals surface area (Å²) < 4.78 is 0. The van der Waals surface area contributed by atoms with Crippen LogP contribution in [0.4, 0.5) is 0 Å². The molecule has 0 radical (unpaired) electrons. The van der Waals surface area contributed by atoms with Crippen LogP contribution in [0.2, 0.25) is 0 Å². The Kier molecular flexibility index (Phi) is 4.41. The fraction of sp³-hybridized carbons (Fsp3) is 0.778. The van der Waals surface area contributed by atoms with E-state index in [0.29, 0.717) is 25.9 Å². The van der Waals surface area contributed by atoms with Gasteiger partial charge in [0, 0.05) is 38.3 Å². The van der Waals surface area contributed by atoms with Crippen LogP contribution in [-0.2, 0) is 9.59 Å². The zero-order chi connectivity index (χ0) is 10.6. The highest BCUT2D eigenvalue weighted by Crippen LogP contribution is 2.23. The molecule has 1 atom stereocenters. The average molecular weight is 217 g/mol. The van der Waals surface area contributed by atoms with Crippen molar-refractivity contribution in [3.8, 4) is 0 Å². The standard InChI is InChI=1S/C9H15NO3S/c1-7(12)14-8-5-9(13)10(6-8)3-2-4-11/h8,11H,2-6H2,1H3. The van der Waals surface area contributed by atoms with Crippen molar-refractivity contribution >= 4 is 22.8 Å². The first kappa shape index (κ1) is 11.5. The molecule has 5 heteroatoms. The van der Waals surface area contributed by atoms with E-state index in [0.717, 1.165) is 0 Å². The summed E-state index contributed by atoms with van der Waals surface area (Å²) in [4.78, 5) is 23.9. The molecule has 0 aromatic rings. The first-order valence-corrected chi connectivity index (χ1v) is 5.57. The van der Waals surface area contributed by atoms with Crippen molar-refractivity contribution in [2.75, 3.05) is 19.7 Å². The van der Waals surface area contributed by atoms with Gasteiger partial charge >= 0.3 is 0 Å². The highest BCUT2D eigenvalue weighted by Gasteiger charge is 2.30. The third kappa shape index (κ3) is 3.31. The van der Waals surface area contributed by atoms with Crippen LogP contribution in [0.25, 0.3) is 0 Å². The zero-order valence-corrected chi connectivity index (χ0v) is 9.05. The summed E-state index contributed by atoms with van der Waals surface area (Å²) in [6.07, 6.45) is 1.07. The monoisotopic (exact) mass is 217 g/mol. The summed E-state index contributed by atoms with van der Waals surface area (Å²) in [5.41, 5.74) is 0. The molecule has 0 aliphatic carbocycles. The van der Waals surface area contributed by atoms with Crippen LogP contribution in [0.3, 0.4) is 0 Å². The number of hydrogen-bond donors (Lipinski definition) is 1. The maximum Gasteiger partial charge on any atom is 0.223 e. The van der Waals surface area contributed by atoms with E-state index < -0.39 is 0 Å². The minimum Gasteiger partial charge on any atom is -0.396 e. The fourth-order valence-electron chi connectivity index (χ4n) is 1.53. The Hall–Kier alpha value is -0.550. The highest BCUT2D eigenvalue weighted by atomic mass is 32.2. The summed E-state index contributed by atoms with van der Waals surface area (Å²) >= 11 is 1.24. The molecular formula is C9H15NO3S. The van der Waals surface area contributed by atoms with Crippen molar-refractivity contribution in [3.63, 3.8) is 0 Å². The van der Waals surface area contributed by atoms with Gasteiger partial charge in [-0.25, -0.2) is 0 Å². The Balaban J connectivity index is 2.35. The molecule has 1 heterocycles. The summed E-state index contributed by atoms with van der Waals surface area (Å²) in [5, 5.41) is 8.80. The minimum absolute atomic E-state index is 0.0619. The van der Waals surface area contributed by atoms with Crippen LogP contribution in [0.5, 0.6) is 0 Å². The lowest BCUT2D eigenvalue weighted by molar-refractivity contribution is -0.127. The summed E-state index contributed by atoms with van der Waals surface area (Å²) in [5.74, 6) is 0.0946. The lowest BCUT2D eigenvalue weighted by Crippen LogP contribution is -2.27. The van der Waals surface area contributed by atoms with Crippen LogP contribution in [-0.4, -0.2) is 46.0 Å². The van der Waals surface area contributed by atoms with Crippen molar-refractivity contribution in [1.82, 2.24) is 4.90 Å². The van der Waals surface area contributed by atoms with Crippen LogP contribution < -0.4 is 0 Å². The van der Waals surface area contributed by atoms with Gasteiger partial charge < -0.3 is 10.0 Å². The number of carbonyl (C=O) groups is 2. The fourth-order valence-corrected chi connectivity index (χ4v) is 2.48. The van der Waals surface area contributed by atoms with Crippen molar-refractivity contribution in [2.24, 2.45) is 0 Å². The topological polar surface area (TPSA) is 57.6 Å². The molecule has 0 spiro atoms. The van der Waals surface area contributed by atoms with Gasteiger partial charge in [-0.2, -0.15) is 0 Å². The molecule has 1 fully saturated rings. The molecule has 1 amide bonds. The first-order valence-electron chi connectivity index (χ1n) is 4.69. The minimum atomic E-state index is 0.0619. The van der Waals surface area contributed by atoms with E-state index in [4.69, 9.17) is 5.11 Å². The van der Waals surface area contributed by atoms with E-state index in [1.54, 1.807) is 4.90 Å². The molecule has 4 nitrogen and oxygen atoms in total. The molecule has 0 aromatic carbocycles. The molecule has 0 bridgehead atoms. The van der Waals surface area contributed by atoms with Gasteiger partial charge in [0.2, 0.25) is 5.91 Å². The number of hydrogen-bond acceptors (Lipinski definition) is 4. The number of amides is 1. The van der Waals surface area contributed by atoms with Gasteiger partial charge in [-0.3, -0.25) is 9.59 Å². The molecule has 0 saturated carbocycles. The van der Waals surface area contributed by atoms with Crippen molar-refractivity contribution in [1.29, 1.82) is 0 Å². The number of aliphatic hydroxyl groups excluding tert-OH is 1. The van der Waals surface area contributed by atoms with Crippen molar-refractivity contribution < 1.29 is 14.7 Å². The third-order valence-corrected chi connectivity index (χ3v) is 3.08. The van der Waals surface area contributed by atoms with Gasteiger partial charge in [0.25, 0.3) is 0 Å². The Morgan fingerprint density at radius 3 is 3.00 bits per heavy atom. The molecule has 80 valence electrons. The smallest absolute Gasteiger partial charge is 0.223 e. The quantitative estimate of drug-likeness (QED) is 0.733. The van der Waals surface area contributed by atoms with Gasteiger partial charge in [-0.05, 0) is 6.42 Å². The molecule has 1 N–H and O–H groups in total. The average Bonchev–Trinajstić information content (AvgIpc) is 2.41. The Morgan fingerprint density at radius 2 is 2.43 bits per heavy atom. The van der Waals surface area contributed by atoms with Crippen LogP contribution in [0.15, 0.2) is 0 Å². The number of carbonyl (C=O) groups excluding carboxylic acids is 2. The van der Waals surface area contributed by atoms with E-state index in [9.17, 15) is 9.59 Å². The van der Waals surface area contributed by atoms with E-state index in [1.165, 1.54) is 18.7 Å². The normalized spacial score (nSPS) is 21.7. The molecule has 1 rings (SSSR count). The largest absolute Gasteiger partial charge is 0.396 e. The second kappa shape index (κ2) is 5.36. The molecule has 1 saturated heterocycles. The number of rotatable bonds is 4. The van der Waals surface area contributed by atoms with Gasteiger partial charge in [-0.1, -0.05) is 11.8 Å². The first-order chi connectivity index (χ1) is 6.63. The van der Waals surface area contributed by atoms with Crippen LogP contribution in [0.1, 0.15) is 19.8 Å². The van der Waals surface area contributed by atoms with Crippen LogP contribution >= 0.6 is 11.8 Å². The predicted molar refractivity (Wildman–Crippen MR) is 55.0 cm³/mol.